The molecule has 4 nitrogen and oxygen atoms in total. The van der Waals surface area contributed by atoms with Crippen molar-refractivity contribution in [2.45, 2.75) is 32.9 Å². The van der Waals surface area contributed by atoms with Crippen LogP contribution in [0.4, 0.5) is 0 Å². The van der Waals surface area contributed by atoms with E-state index in [4.69, 9.17) is 11.6 Å². The molecule has 2 heterocycles. The summed E-state index contributed by atoms with van der Waals surface area (Å²) in [5.41, 5.74) is 7.87. The largest absolute Gasteiger partial charge is 0.322 e. The van der Waals surface area contributed by atoms with Crippen LogP contribution in [0.15, 0.2) is 72.8 Å². The van der Waals surface area contributed by atoms with Crippen molar-refractivity contribution < 1.29 is 4.79 Å². The summed E-state index contributed by atoms with van der Waals surface area (Å²) >= 11 is 6.10. The number of aromatic amines is 1. The van der Waals surface area contributed by atoms with Gasteiger partial charge in [-0.1, -0.05) is 84.8 Å². The van der Waals surface area contributed by atoms with Crippen molar-refractivity contribution in [1.82, 2.24) is 15.1 Å². The zero-order chi connectivity index (χ0) is 22.2. The van der Waals surface area contributed by atoms with Gasteiger partial charge in [0.05, 0.1) is 11.7 Å². The molecule has 0 saturated carbocycles. The second kappa shape index (κ2) is 8.29. The maximum Gasteiger partial charge on any atom is 0.273 e. The third-order valence-electron chi connectivity index (χ3n) is 6.16. The van der Waals surface area contributed by atoms with Gasteiger partial charge in [0.25, 0.3) is 5.91 Å². The monoisotopic (exact) mass is 441 g/mol. The molecule has 1 aromatic heterocycles. The van der Waals surface area contributed by atoms with Crippen LogP contribution in [0.2, 0.25) is 5.02 Å². The SMILES string of the molecule is CCc1ccc(C2c3c(-c4ccc(Cl)cc4)n[nH]c3C(=O)N2Cc2ccc(C)cc2)cc1. The van der Waals surface area contributed by atoms with Crippen molar-refractivity contribution in [2.24, 2.45) is 0 Å². The van der Waals surface area contributed by atoms with Gasteiger partial charge in [0.15, 0.2) is 0 Å². The van der Waals surface area contributed by atoms with E-state index in [2.05, 4.69) is 72.6 Å². The molecule has 0 bridgehead atoms. The summed E-state index contributed by atoms with van der Waals surface area (Å²) in [5.74, 6) is -0.0298. The predicted octanol–water partition coefficient (Wildman–Crippen LogP) is 6.35. The Labute approximate surface area is 192 Å². The summed E-state index contributed by atoms with van der Waals surface area (Å²) in [5, 5.41) is 8.23. The summed E-state index contributed by atoms with van der Waals surface area (Å²) in [6, 6.07) is 24.3. The van der Waals surface area contributed by atoms with E-state index in [0.717, 1.165) is 34.4 Å². The average Bonchev–Trinajstić information content (AvgIpc) is 3.35. The fraction of sp³-hybridized carbons (Fsp3) is 0.185. The number of carbonyl (C=O) groups is 1. The summed E-state index contributed by atoms with van der Waals surface area (Å²) in [6.45, 7) is 4.74. The van der Waals surface area contributed by atoms with E-state index >= 15 is 0 Å². The zero-order valence-corrected chi connectivity index (χ0v) is 18.9. The molecule has 3 aromatic carbocycles. The highest BCUT2D eigenvalue weighted by atomic mass is 35.5. The molecule has 1 N–H and O–H groups in total. The topological polar surface area (TPSA) is 49.0 Å². The molecule has 0 radical (unpaired) electrons. The van der Waals surface area contributed by atoms with Gasteiger partial charge in [0, 0.05) is 22.7 Å². The van der Waals surface area contributed by atoms with Crippen molar-refractivity contribution in [1.29, 1.82) is 0 Å². The Morgan fingerprint density at radius 1 is 0.938 bits per heavy atom. The molecule has 1 unspecified atom stereocenters. The fourth-order valence-electron chi connectivity index (χ4n) is 4.36. The van der Waals surface area contributed by atoms with Crippen LogP contribution >= 0.6 is 11.6 Å². The Bertz CT molecular complexity index is 1260. The van der Waals surface area contributed by atoms with Gasteiger partial charge in [-0.2, -0.15) is 5.10 Å². The first-order valence-corrected chi connectivity index (χ1v) is 11.2. The van der Waals surface area contributed by atoms with Crippen molar-refractivity contribution in [3.8, 4) is 11.3 Å². The van der Waals surface area contributed by atoms with Gasteiger partial charge in [-0.15, -0.1) is 0 Å². The van der Waals surface area contributed by atoms with E-state index in [1.807, 2.05) is 29.2 Å². The molecule has 1 atom stereocenters. The minimum atomic E-state index is -0.214. The van der Waals surface area contributed by atoms with E-state index < -0.39 is 0 Å². The number of amides is 1. The number of nitrogens with one attached hydrogen (secondary N) is 1. The first-order chi connectivity index (χ1) is 15.5. The highest BCUT2D eigenvalue weighted by Gasteiger charge is 2.42. The number of aryl methyl sites for hydroxylation is 2. The van der Waals surface area contributed by atoms with Crippen LogP contribution in [-0.4, -0.2) is 21.0 Å². The number of H-pyrrole nitrogens is 1. The number of carbonyl (C=O) groups excluding carboxylic acids is 1. The molecule has 4 aromatic rings. The molecule has 1 amide bonds. The number of benzene rings is 3. The van der Waals surface area contributed by atoms with Crippen LogP contribution in [0.3, 0.4) is 0 Å². The van der Waals surface area contributed by atoms with Crippen LogP contribution in [-0.2, 0) is 13.0 Å². The summed E-state index contributed by atoms with van der Waals surface area (Å²) in [6.07, 6.45) is 0.976. The van der Waals surface area contributed by atoms with Gasteiger partial charge in [0.2, 0.25) is 0 Å². The molecular formula is C27H24ClN3O. The lowest BCUT2D eigenvalue weighted by molar-refractivity contribution is 0.0730. The lowest BCUT2D eigenvalue weighted by atomic mass is 9.95. The third-order valence-corrected chi connectivity index (χ3v) is 6.41. The van der Waals surface area contributed by atoms with E-state index in [-0.39, 0.29) is 11.9 Å². The minimum Gasteiger partial charge on any atom is -0.322 e. The summed E-state index contributed by atoms with van der Waals surface area (Å²) < 4.78 is 0. The normalized spacial score (nSPS) is 15.3. The van der Waals surface area contributed by atoms with Crippen LogP contribution in [0.25, 0.3) is 11.3 Å². The van der Waals surface area contributed by atoms with Gasteiger partial charge >= 0.3 is 0 Å². The Hall–Kier alpha value is -3.37. The first kappa shape index (κ1) is 20.5. The number of hydrogen-bond acceptors (Lipinski definition) is 2. The van der Waals surface area contributed by atoms with Crippen molar-refractivity contribution in [3.05, 3.63) is 111 Å². The Balaban J connectivity index is 1.62. The van der Waals surface area contributed by atoms with Crippen LogP contribution in [0.1, 0.15) is 51.3 Å². The van der Waals surface area contributed by atoms with Gasteiger partial charge in [0.1, 0.15) is 5.69 Å². The summed E-state index contributed by atoms with van der Waals surface area (Å²) in [4.78, 5) is 15.4. The number of aromatic nitrogens is 2. The van der Waals surface area contributed by atoms with E-state index in [9.17, 15) is 4.79 Å². The highest BCUT2D eigenvalue weighted by Crippen LogP contribution is 2.43. The van der Waals surface area contributed by atoms with Gasteiger partial charge < -0.3 is 4.90 Å². The van der Waals surface area contributed by atoms with Gasteiger partial charge in [-0.25, -0.2) is 0 Å². The predicted molar refractivity (Wildman–Crippen MR) is 128 cm³/mol. The van der Waals surface area contributed by atoms with Gasteiger partial charge in [-0.3, -0.25) is 9.89 Å². The molecule has 32 heavy (non-hydrogen) atoms. The van der Waals surface area contributed by atoms with E-state index in [1.165, 1.54) is 11.1 Å². The lowest BCUT2D eigenvalue weighted by Crippen LogP contribution is -2.29. The maximum atomic E-state index is 13.5. The molecule has 160 valence electrons. The third kappa shape index (κ3) is 3.61. The molecule has 5 heteroatoms. The smallest absolute Gasteiger partial charge is 0.273 e. The van der Waals surface area contributed by atoms with Crippen LogP contribution in [0, 0.1) is 6.92 Å². The zero-order valence-electron chi connectivity index (χ0n) is 18.1. The molecule has 0 fully saturated rings. The second-order valence-electron chi connectivity index (χ2n) is 8.28. The molecule has 0 spiro atoms. The lowest BCUT2D eigenvalue weighted by Gasteiger charge is -2.27. The molecule has 1 aliphatic heterocycles. The van der Waals surface area contributed by atoms with Crippen molar-refractivity contribution in [2.75, 3.05) is 0 Å². The Morgan fingerprint density at radius 3 is 2.25 bits per heavy atom. The van der Waals surface area contributed by atoms with Crippen molar-refractivity contribution in [3.63, 3.8) is 0 Å². The molecule has 0 aliphatic carbocycles. The number of nitrogens with zero attached hydrogens (tertiary/aromatic N) is 2. The van der Waals surface area contributed by atoms with Crippen LogP contribution < -0.4 is 0 Å². The summed E-state index contributed by atoms with van der Waals surface area (Å²) in [7, 11) is 0. The number of halogens is 1. The fourth-order valence-corrected chi connectivity index (χ4v) is 4.49. The second-order valence-corrected chi connectivity index (χ2v) is 8.72. The van der Waals surface area contributed by atoms with Crippen molar-refractivity contribution >= 4 is 17.5 Å². The van der Waals surface area contributed by atoms with E-state index in [1.54, 1.807) is 0 Å². The highest BCUT2D eigenvalue weighted by molar-refractivity contribution is 6.30. The Kier molecular flexibility index (Phi) is 5.32. The molecular weight excluding hydrogens is 418 g/mol. The maximum absolute atomic E-state index is 13.5. The molecule has 0 saturated heterocycles. The standard InChI is InChI=1S/C27H24ClN3O/c1-3-18-8-10-21(11-9-18)26-23-24(20-12-14-22(28)15-13-20)29-30-25(23)27(32)31(26)16-19-6-4-17(2)5-7-19/h4-15,26H,3,16H2,1-2H3,(H,29,30). The molecule has 5 rings (SSSR count). The molecule has 1 aliphatic rings. The Morgan fingerprint density at radius 2 is 1.59 bits per heavy atom. The minimum absolute atomic E-state index is 0.0298. The number of fused-ring (bicyclic) bond motifs is 1. The van der Waals surface area contributed by atoms with Gasteiger partial charge in [-0.05, 0) is 42.2 Å². The number of hydrogen-bond donors (Lipinski definition) is 1. The average molecular weight is 442 g/mol. The number of rotatable bonds is 5. The first-order valence-electron chi connectivity index (χ1n) is 10.8. The quantitative estimate of drug-likeness (QED) is 0.392. The van der Waals surface area contributed by atoms with Crippen LogP contribution in [0.5, 0.6) is 0 Å². The van der Waals surface area contributed by atoms with E-state index in [0.29, 0.717) is 17.3 Å².